The van der Waals surface area contributed by atoms with Crippen LogP contribution < -0.4 is 26.2 Å². The molecule has 1 aliphatic heterocycles. The van der Waals surface area contributed by atoms with Gasteiger partial charge < -0.3 is 26.2 Å². The summed E-state index contributed by atoms with van der Waals surface area (Å²) in [5, 5.41) is 12.9. The lowest BCUT2D eigenvalue weighted by atomic mass is 9.85. The van der Waals surface area contributed by atoms with Crippen LogP contribution in [0.15, 0.2) is 55.3 Å². The highest BCUT2D eigenvalue weighted by Gasteiger charge is 2.21. The Morgan fingerprint density at radius 1 is 1.11 bits per heavy atom. The van der Waals surface area contributed by atoms with Crippen LogP contribution in [0, 0.1) is 0 Å². The lowest BCUT2D eigenvalue weighted by Gasteiger charge is -2.27. The Morgan fingerprint density at radius 2 is 1.86 bits per heavy atom. The molecule has 8 heteroatoms. The molecule has 0 radical (unpaired) electrons. The molecule has 0 saturated heterocycles. The Labute approximate surface area is 219 Å². The summed E-state index contributed by atoms with van der Waals surface area (Å²) in [6.07, 6.45) is 4.18. The quantitative estimate of drug-likeness (QED) is 0.328. The van der Waals surface area contributed by atoms with Crippen LogP contribution in [0.1, 0.15) is 47.8 Å². The number of rotatable bonds is 8. The second-order valence-corrected chi connectivity index (χ2v) is 10.5. The predicted molar refractivity (Wildman–Crippen MR) is 152 cm³/mol. The molecule has 37 heavy (non-hydrogen) atoms. The maximum atomic E-state index is 12.9. The minimum absolute atomic E-state index is 0.0676. The van der Waals surface area contributed by atoms with Crippen molar-refractivity contribution in [3.05, 3.63) is 77.5 Å². The molecule has 0 fully saturated rings. The zero-order valence-electron chi connectivity index (χ0n) is 22.4. The molecule has 0 unspecified atom stereocenters. The summed E-state index contributed by atoms with van der Waals surface area (Å²) in [5.74, 6) is 0.576. The molecule has 0 aliphatic carbocycles. The fourth-order valence-electron chi connectivity index (χ4n) is 4.39. The van der Waals surface area contributed by atoms with E-state index < -0.39 is 0 Å². The summed E-state index contributed by atoms with van der Waals surface area (Å²) in [4.78, 5) is 24.2. The lowest BCUT2D eigenvalue weighted by molar-refractivity contribution is 0.0958. The van der Waals surface area contributed by atoms with Crippen LogP contribution >= 0.6 is 0 Å². The minimum atomic E-state index is -0.267. The van der Waals surface area contributed by atoms with Gasteiger partial charge >= 0.3 is 0 Å². The Bertz CT molecular complexity index is 1290. The number of nitrogens with one attached hydrogen (secondary N) is 4. The average molecular weight is 500 g/mol. The van der Waals surface area contributed by atoms with Gasteiger partial charge in [0.2, 0.25) is 5.95 Å². The van der Waals surface area contributed by atoms with E-state index in [1.165, 1.54) is 16.7 Å². The van der Waals surface area contributed by atoms with Gasteiger partial charge in [-0.3, -0.25) is 4.79 Å². The molecular formula is C29H37N7O. The second-order valence-electron chi connectivity index (χ2n) is 10.5. The highest BCUT2D eigenvalue weighted by Crippen LogP contribution is 2.34. The smallest absolute Gasteiger partial charge is 0.256 e. The van der Waals surface area contributed by atoms with Crippen LogP contribution in [0.4, 0.5) is 28.8 Å². The maximum Gasteiger partial charge on any atom is 0.256 e. The monoisotopic (exact) mass is 499 g/mol. The molecule has 0 spiro atoms. The molecule has 3 aromatic rings. The minimum Gasteiger partial charge on any atom is -0.377 e. The highest BCUT2D eigenvalue weighted by atomic mass is 16.1. The molecule has 1 aromatic heterocycles. The van der Waals surface area contributed by atoms with E-state index in [1.807, 2.05) is 26.2 Å². The maximum absolute atomic E-state index is 12.9. The van der Waals surface area contributed by atoms with E-state index in [0.717, 1.165) is 36.6 Å². The number of benzene rings is 2. The molecule has 2 heterocycles. The van der Waals surface area contributed by atoms with Crippen LogP contribution in [-0.2, 0) is 18.4 Å². The normalized spacial score (nSPS) is 12.9. The van der Waals surface area contributed by atoms with Crippen molar-refractivity contribution in [1.82, 2.24) is 20.6 Å². The van der Waals surface area contributed by atoms with Crippen LogP contribution in [0.5, 0.6) is 0 Å². The average Bonchev–Trinajstić information content (AvgIpc) is 2.86. The van der Waals surface area contributed by atoms with Gasteiger partial charge in [-0.2, -0.15) is 4.98 Å². The molecule has 0 saturated carbocycles. The lowest BCUT2D eigenvalue weighted by Crippen LogP contribution is -2.25. The number of nitrogens with zero attached hydrogens (tertiary/aromatic N) is 3. The van der Waals surface area contributed by atoms with Crippen molar-refractivity contribution < 1.29 is 4.79 Å². The molecule has 2 aromatic carbocycles. The standard InChI is InChI=1S/C29H37N7O/c1-7-13-31-27(37)23-18-32-28(34-21-9-8-20-17-30-14-12-19(20)15-21)35-26(23)33-22-10-11-25(36(5)6)24(16-22)29(2,3)4/h7-11,15-16,18,30H,1,12-14,17H2,2-6H3,(H,31,37)(H2,32,33,34,35). The van der Waals surface area contributed by atoms with Crippen molar-refractivity contribution in [1.29, 1.82) is 0 Å². The number of carbonyl (C=O) groups is 1. The largest absolute Gasteiger partial charge is 0.377 e. The topological polar surface area (TPSA) is 94.2 Å². The third kappa shape index (κ3) is 6.27. The van der Waals surface area contributed by atoms with Crippen LogP contribution in [0.3, 0.4) is 0 Å². The number of amides is 1. The van der Waals surface area contributed by atoms with Crippen molar-refractivity contribution in [2.24, 2.45) is 0 Å². The SMILES string of the molecule is C=CCNC(=O)c1cnc(Nc2ccc3c(c2)CCNC3)nc1Nc1ccc(N(C)C)c(C(C)(C)C)c1. The van der Waals surface area contributed by atoms with Gasteiger partial charge in [0.15, 0.2) is 0 Å². The van der Waals surface area contributed by atoms with Gasteiger partial charge in [0, 0.05) is 50.4 Å². The zero-order chi connectivity index (χ0) is 26.6. The summed E-state index contributed by atoms with van der Waals surface area (Å²) >= 11 is 0. The predicted octanol–water partition coefficient (Wildman–Crippen LogP) is 4.89. The summed E-state index contributed by atoms with van der Waals surface area (Å²) in [5.41, 5.74) is 7.02. The van der Waals surface area contributed by atoms with Gasteiger partial charge in [-0.25, -0.2) is 4.98 Å². The Morgan fingerprint density at radius 3 is 2.59 bits per heavy atom. The summed E-state index contributed by atoms with van der Waals surface area (Å²) < 4.78 is 0. The Hall–Kier alpha value is -3.91. The second kappa shape index (κ2) is 11.0. The molecule has 0 bridgehead atoms. The van der Waals surface area contributed by atoms with E-state index in [9.17, 15) is 4.79 Å². The molecular weight excluding hydrogens is 462 g/mol. The summed E-state index contributed by atoms with van der Waals surface area (Å²) in [6.45, 7) is 12.5. The Balaban J connectivity index is 1.68. The van der Waals surface area contributed by atoms with Crippen molar-refractivity contribution in [3.63, 3.8) is 0 Å². The van der Waals surface area contributed by atoms with Crippen molar-refractivity contribution >= 4 is 34.7 Å². The molecule has 4 N–H and O–H groups in total. The van der Waals surface area contributed by atoms with Crippen molar-refractivity contribution in [2.75, 3.05) is 42.7 Å². The number of aromatic nitrogens is 2. The third-order valence-electron chi connectivity index (χ3n) is 6.34. The molecule has 1 amide bonds. The molecule has 8 nitrogen and oxygen atoms in total. The number of hydrogen-bond acceptors (Lipinski definition) is 7. The van der Waals surface area contributed by atoms with Crippen LogP contribution in [-0.4, -0.2) is 43.1 Å². The first-order valence-corrected chi connectivity index (χ1v) is 12.6. The zero-order valence-corrected chi connectivity index (χ0v) is 22.4. The van der Waals surface area contributed by atoms with Gasteiger partial charge in [-0.15, -0.1) is 6.58 Å². The highest BCUT2D eigenvalue weighted by molar-refractivity contribution is 5.99. The number of carbonyl (C=O) groups excluding carboxylic acids is 1. The van der Waals surface area contributed by atoms with E-state index in [0.29, 0.717) is 23.9 Å². The van der Waals surface area contributed by atoms with E-state index in [4.69, 9.17) is 4.98 Å². The van der Waals surface area contributed by atoms with Crippen LogP contribution in [0.2, 0.25) is 0 Å². The summed E-state index contributed by atoms with van der Waals surface area (Å²) in [7, 11) is 4.08. The first-order chi connectivity index (χ1) is 17.7. The van der Waals surface area contributed by atoms with Gasteiger partial charge in [0.05, 0.1) is 0 Å². The number of anilines is 5. The van der Waals surface area contributed by atoms with E-state index in [2.05, 4.69) is 82.8 Å². The number of fused-ring (bicyclic) bond motifs is 1. The first-order valence-electron chi connectivity index (χ1n) is 12.6. The molecule has 1 aliphatic rings. The van der Waals surface area contributed by atoms with Crippen molar-refractivity contribution in [2.45, 2.75) is 39.2 Å². The van der Waals surface area contributed by atoms with E-state index in [1.54, 1.807) is 12.3 Å². The molecule has 4 rings (SSSR count). The fraction of sp³-hybridized carbons (Fsp3) is 0.345. The Kier molecular flexibility index (Phi) is 7.78. The van der Waals surface area contributed by atoms with Gasteiger partial charge in [0.1, 0.15) is 11.4 Å². The summed E-state index contributed by atoms with van der Waals surface area (Å²) in [6, 6.07) is 12.5. The number of hydrogen-bond donors (Lipinski definition) is 4. The molecule has 0 atom stereocenters. The third-order valence-corrected chi connectivity index (χ3v) is 6.34. The van der Waals surface area contributed by atoms with Gasteiger partial charge in [0.25, 0.3) is 5.91 Å². The van der Waals surface area contributed by atoms with E-state index in [-0.39, 0.29) is 11.3 Å². The van der Waals surface area contributed by atoms with E-state index >= 15 is 0 Å². The fourth-order valence-corrected chi connectivity index (χ4v) is 4.39. The first kappa shape index (κ1) is 26.2. The van der Waals surface area contributed by atoms with Gasteiger partial charge in [-0.1, -0.05) is 32.9 Å². The van der Waals surface area contributed by atoms with Crippen LogP contribution in [0.25, 0.3) is 0 Å². The molecule has 194 valence electrons. The van der Waals surface area contributed by atoms with Gasteiger partial charge in [-0.05, 0) is 65.4 Å². The van der Waals surface area contributed by atoms with Crippen molar-refractivity contribution in [3.8, 4) is 0 Å².